The largest absolute Gasteiger partial charge is 0.494 e. The molecule has 2 aromatic carbocycles. The number of rotatable bonds is 4. The minimum Gasteiger partial charge on any atom is -0.494 e. The fourth-order valence-corrected chi connectivity index (χ4v) is 2.20. The van der Waals surface area contributed by atoms with Gasteiger partial charge in [0.1, 0.15) is 11.9 Å². The molecule has 4 nitrogen and oxygen atoms in total. The number of benzene rings is 2. The molecule has 0 amide bonds. The Morgan fingerprint density at radius 2 is 2.00 bits per heavy atom. The first-order chi connectivity index (χ1) is 10.6. The van der Waals surface area contributed by atoms with Gasteiger partial charge in [0.05, 0.1) is 7.11 Å². The Morgan fingerprint density at radius 3 is 2.68 bits per heavy atom. The van der Waals surface area contributed by atoms with Crippen LogP contribution in [0.4, 0.5) is 4.39 Å². The minimum atomic E-state index is -0.618. The lowest BCUT2D eigenvalue weighted by molar-refractivity contribution is 0.101. The van der Waals surface area contributed by atoms with Crippen molar-refractivity contribution in [2.75, 3.05) is 7.11 Å². The van der Waals surface area contributed by atoms with E-state index in [2.05, 4.69) is 0 Å². The highest BCUT2D eigenvalue weighted by atomic mass is 19.1. The summed E-state index contributed by atoms with van der Waals surface area (Å²) in [7, 11) is 1.35. The van der Waals surface area contributed by atoms with E-state index >= 15 is 0 Å². The van der Waals surface area contributed by atoms with E-state index in [-0.39, 0.29) is 17.1 Å². The predicted octanol–water partition coefficient (Wildman–Crippen LogP) is 3.62. The molecule has 3 aromatic rings. The van der Waals surface area contributed by atoms with E-state index in [4.69, 9.17) is 9.15 Å². The van der Waals surface area contributed by atoms with Crippen LogP contribution in [0.25, 0.3) is 11.0 Å². The summed E-state index contributed by atoms with van der Waals surface area (Å²) < 4.78 is 24.0. The topological polar surface area (TPSA) is 56.5 Å². The minimum absolute atomic E-state index is 0.0665. The van der Waals surface area contributed by atoms with Gasteiger partial charge in [0.2, 0.25) is 5.78 Å². The lowest BCUT2D eigenvalue weighted by atomic mass is 10.1. The quantitative estimate of drug-likeness (QED) is 0.545. The Balaban J connectivity index is 2.01. The normalized spacial score (nSPS) is 10.6. The van der Waals surface area contributed by atoms with Crippen molar-refractivity contribution in [3.8, 4) is 5.75 Å². The second-order valence-corrected chi connectivity index (χ2v) is 4.70. The second kappa shape index (κ2) is 5.44. The van der Waals surface area contributed by atoms with Crippen molar-refractivity contribution in [3.63, 3.8) is 0 Å². The fraction of sp³-hybridized carbons (Fsp3) is 0.0588. The lowest BCUT2D eigenvalue weighted by Crippen LogP contribution is -2.01. The zero-order chi connectivity index (χ0) is 15.7. The first kappa shape index (κ1) is 14.0. The number of carbonyl (C=O) groups is 2. The molecule has 0 aliphatic heterocycles. The molecule has 1 heterocycles. The molecule has 0 saturated carbocycles. The molecule has 22 heavy (non-hydrogen) atoms. The number of hydrogen-bond acceptors (Lipinski definition) is 4. The summed E-state index contributed by atoms with van der Waals surface area (Å²) in [5.74, 6) is -0.905. The van der Waals surface area contributed by atoms with Gasteiger partial charge in [-0.05, 0) is 42.5 Å². The average Bonchev–Trinajstić information content (AvgIpc) is 2.96. The number of methoxy groups -OCH3 is 1. The van der Waals surface area contributed by atoms with Crippen LogP contribution in [0, 0.1) is 5.82 Å². The van der Waals surface area contributed by atoms with Crippen LogP contribution in [-0.4, -0.2) is 19.2 Å². The van der Waals surface area contributed by atoms with Crippen LogP contribution >= 0.6 is 0 Å². The van der Waals surface area contributed by atoms with E-state index in [0.717, 1.165) is 6.07 Å². The maximum Gasteiger partial charge on any atom is 0.228 e. The van der Waals surface area contributed by atoms with E-state index in [1.807, 2.05) is 0 Å². The summed E-state index contributed by atoms with van der Waals surface area (Å²) in [4.78, 5) is 23.1. The summed E-state index contributed by atoms with van der Waals surface area (Å²) in [6, 6.07) is 10.3. The molecule has 110 valence electrons. The smallest absolute Gasteiger partial charge is 0.228 e. The molecule has 0 fully saturated rings. The Labute approximate surface area is 125 Å². The van der Waals surface area contributed by atoms with E-state index in [1.165, 1.54) is 25.3 Å². The SMILES string of the molecule is COc1ccc(C(=O)c2cc3cc(C=O)ccc3o2)cc1F. The van der Waals surface area contributed by atoms with Gasteiger partial charge >= 0.3 is 0 Å². The maximum absolute atomic E-state index is 13.7. The van der Waals surface area contributed by atoms with Crippen molar-refractivity contribution in [2.45, 2.75) is 0 Å². The van der Waals surface area contributed by atoms with E-state index in [1.54, 1.807) is 18.2 Å². The summed E-state index contributed by atoms with van der Waals surface area (Å²) >= 11 is 0. The van der Waals surface area contributed by atoms with Gasteiger partial charge in [-0.15, -0.1) is 0 Å². The lowest BCUT2D eigenvalue weighted by Gasteiger charge is -2.03. The van der Waals surface area contributed by atoms with Crippen LogP contribution < -0.4 is 4.74 Å². The van der Waals surface area contributed by atoms with Gasteiger partial charge in [0.15, 0.2) is 17.3 Å². The standard InChI is InChI=1S/C17H11FO4/c1-21-15-5-3-11(7-13(15)18)17(20)16-8-12-6-10(9-19)2-4-14(12)22-16/h2-9H,1H3. The van der Waals surface area contributed by atoms with Gasteiger partial charge in [0, 0.05) is 16.5 Å². The predicted molar refractivity (Wildman–Crippen MR) is 78.0 cm³/mol. The van der Waals surface area contributed by atoms with Gasteiger partial charge < -0.3 is 9.15 Å². The van der Waals surface area contributed by atoms with E-state index in [0.29, 0.717) is 22.8 Å². The Bertz CT molecular complexity index is 879. The monoisotopic (exact) mass is 298 g/mol. The number of fused-ring (bicyclic) bond motifs is 1. The van der Waals surface area contributed by atoms with E-state index < -0.39 is 11.6 Å². The van der Waals surface area contributed by atoms with Gasteiger partial charge in [-0.1, -0.05) is 0 Å². The molecular formula is C17H11FO4. The molecule has 0 radical (unpaired) electrons. The first-order valence-corrected chi connectivity index (χ1v) is 6.49. The molecule has 5 heteroatoms. The third kappa shape index (κ3) is 2.37. The highest BCUT2D eigenvalue weighted by Crippen LogP contribution is 2.24. The van der Waals surface area contributed by atoms with Crippen molar-refractivity contribution in [1.82, 2.24) is 0 Å². The molecule has 0 atom stereocenters. The van der Waals surface area contributed by atoms with Crippen LogP contribution in [0.5, 0.6) is 5.75 Å². The van der Waals surface area contributed by atoms with Crippen molar-refractivity contribution >= 4 is 23.0 Å². The molecule has 0 aliphatic rings. The molecule has 1 aromatic heterocycles. The van der Waals surface area contributed by atoms with Gasteiger partial charge in [0.25, 0.3) is 0 Å². The molecule has 0 unspecified atom stereocenters. The zero-order valence-corrected chi connectivity index (χ0v) is 11.6. The number of aldehydes is 1. The third-order valence-corrected chi connectivity index (χ3v) is 3.31. The first-order valence-electron chi connectivity index (χ1n) is 6.49. The summed E-state index contributed by atoms with van der Waals surface area (Å²) in [5, 5.41) is 0.641. The second-order valence-electron chi connectivity index (χ2n) is 4.70. The molecule has 0 aliphatic carbocycles. The Kier molecular flexibility index (Phi) is 3.47. The molecular weight excluding hydrogens is 287 g/mol. The van der Waals surface area contributed by atoms with Crippen molar-refractivity contribution in [3.05, 3.63) is 65.2 Å². The summed E-state index contributed by atoms with van der Waals surface area (Å²) in [6.45, 7) is 0. The molecule has 0 bridgehead atoms. The van der Waals surface area contributed by atoms with Gasteiger partial charge in [-0.25, -0.2) is 4.39 Å². The third-order valence-electron chi connectivity index (χ3n) is 3.31. The number of carbonyl (C=O) groups excluding carboxylic acids is 2. The highest BCUT2D eigenvalue weighted by Gasteiger charge is 2.16. The van der Waals surface area contributed by atoms with Crippen LogP contribution in [-0.2, 0) is 0 Å². The molecule has 3 rings (SSSR count). The Morgan fingerprint density at radius 1 is 1.18 bits per heavy atom. The number of ketones is 1. The number of halogens is 1. The van der Waals surface area contributed by atoms with E-state index in [9.17, 15) is 14.0 Å². The highest BCUT2D eigenvalue weighted by molar-refractivity contribution is 6.09. The molecule has 0 N–H and O–H groups in total. The fourth-order valence-electron chi connectivity index (χ4n) is 2.20. The van der Waals surface area contributed by atoms with Crippen molar-refractivity contribution in [2.24, 2.45) is 0 Å². The maximum atomic E-state index is 13.7. The molecule has 0 saturated heterocycles. The van der Waals surface area contributed by atoms with Crippen molar-refractivity contribution in [1.29, 1.82) is 0 Å². The van der Waals surface area contributed by atoms with Crippen LogP contribution in [0.3, 0.4) is 0 Å². The van der Waals surface area contributed by atoms with Crippen LogP contribution in [0.1, 0.15) is 26.5 Å². The Hall–Kier alpha value is -2.95. The zero-order valence-electron chi connectivity index (χ0n) is 11.6. The van der Waals surface area contributed by atoms with Gasteiger partial charge in [-0.3, -0.25) is 9.59 Å². The number of hydrogen-bond donors (Lipinski definition) is 0. The number of furan rings is 1. The van der Waals surface area contributed by atoms with Crippen molar-refractivity contribution < 1.29 is 23.1 Å². The van der Waals surface area contributed by atoms with Crippen LogP contribution in [0.15, 0.2) is 46.9 Å². The van der Waals surface area contributed by atoms with Crippen LogP contribution in [0.2, 0.25) is 0 Å². The average molecular weight is 298 g/mol. The number of ether oxygens (including phenoxy) is 1. The van der Waals surface area contributed by atoms with Gasteiger partial charge in [-0.2, -0.15) is 0 Å². The molecule has 0 spiro atoms. The summed E-state index contributed by atoms with van der Waals surface area (Å²) in [5.41, 5.74) is 1.14. The summed E-state index contributed by atoms with van der Waals surface area (Å²) in [6.07, 6.45) is 0.715.